The van der Waals surface area contributed by atoms with Crippen molar-refractivity contribution in [3.8, 4) is 5.82 Å². The number of aryl methyl sites for hydroxylation is 1. The quantitative estimate of drug-likeness (QED) is 0.746. The van der Waals surface area contributed by atoms with Crippen LogP contribution < -0.4 is 5.32 Å². The van der Waals surface area contributed by atoms with Gasteiger partial charge in [0.15, 0.2) is 0 Å². The lowest BCUT2D eigenvalue weighted by atomic mass is 10.0. The van der Waals surface area contributed by atoms with E-state index < -0.39 is 5.60 Å². The first kappa shape index (κ1) is 15.9. The Hall–Kier alpha value is -2.93. The molecular formula is C17H18N4O3. The summed E-state index contributed by atoms with van der Waals surface area (Å²) in [6.45, 7) is 3.42. The van der Waals surface area contributed by atoms with Gasteiger partial charge in [0.2, 0.25) is 0 Å². The van der Waals surface area contributed by atoms with E-state index in [0.29, 0.717) is 22.9 Å². The van der Waals surface area contributed by atoms with Gasteiger partial charge in [-0.15, -0.1) is 0 Å². The van der Waals surface area contributed by atoms with Gasteiger partial charge >= 0.3 is 0 Å². The fourth-order valence-corrected chi connectivity index (χ4v) is 2.23. The van der Waals surface area contributed by atoms with Crippen molar-refractivity contribution in [1.82, 2.24) is 19.9 Å². The van der Waals surface area contributed by atoms with Crippen molar-refractivity contribution in [3.05, 3.63) is 66.3 Å². The van der Waals surface area contributed by atoms with Gasteiger partial charge in [0.25, 0.3) is 5.91 Å². The maximum absolute atomic E-state index is 12.2. The molecular weight excluding hydrogens is 308 g/mol. The summed E-state index contributed by atoms with van der Waals surface area (Å²) in [5, 5.41) is 13.1. The second-order valence-electron chi connectivity index (χ2n) is 5.74. The second kappa shape index (κ2) is 6.29. The highest BCUT2D eigenvalue weighted by molar-refractivity contribution is 5.94. The predicted octanol–water partition coefficient (Wildman–Crippen LogP) is 1.81. The Balaban J connectivity index is 1.64. The Kier molecular flexibility index (Phi) is 4.18. The first-order chi connectivity index (χ1) is 11.5. The third-order valence-corrected chi connectivity index (χ3v) is 3.64. The van der Waals surface area contributed by atoms with Crippen LogP contribution in [0.3, 0.4) is 0 Å². The van der Waals surface area contributed by atoms with E-state index in [2.05, 4.69) is 15.3 Å². The van der Waals surface area contributed by atoms with Gasteiger partial charge < -0.3 is 14.8 Å². The van der Waals surface area contributed by atoms with Crippen LogP contribution in [0.5, 0.6) is 0 Å². The minimum Gasteiger partial charge on any atom is -0.463 e. The van der Waals surface area contributed by atoms with Crippen LogP contribution in [0.2, 0.25) is 0 Å². The number of carbonyl (C=O) groups excluding carboxylic acids is 1. The summed E-state index contributed by atoms with van der Waals surface area (Å²) in [5.74, 6) is 1.47. The van der Waals surface area contributed by atoms with Gasteiger partial charge in [0, 0.05) is 18.6 Å². The van der Waals surface area contributed by atoms with E-state index in [1.807, 2.05) is 0 Å². The first-order valence-electron chi connectivity index (χ1n) is 7.47. The highest BCUT2D eigenvalue weighted by atomic mass is 16.4. The lowest BCUT2D eigenvalue weighted by molar-refractivity contribution is 0.0323. The van der Waals surface area contributed by atoms with Crippen molar-refractivity contribution in [2.24, 2.45) is 0 Å². The molecule has 0 aliphatic carbocycles. The predicted molar refractivity (Wildman–Crippen MR) is 86.7 cm³/mol. The van der Waals surface area contributed by atoms with Gasteiger partial charge in [0.05, 0.1) is 12.1 Å². The van der Waals surface area contributed by atoms with Crippen LogP contribution in [0.4, 0.5) is 0 Å². The van der Waals surface area contributed by atoms with Crippen molar-refractivity contribution in [1.29, 1.82) is 0 Å². The van der Waals surface area contributed by atoms with Crippen LogP contribution in [-0.4, -0.2) is 32.1 Å². The minimum absolute atomic E-state index is 0.0298. The summed E-state index contributed by atoms with van der Waals surface area (Å²) in [5.41, 5.74) is -0.876. The molecule has 3 aromatic heterocycles. The van der Waals surface area contributed by atoms with E-state index in [9.17, 15) is 9.90 Å². The summed E-state index contributed by atoms with van der Waals surface area (Å²) in [4.78, 5) is 20.4. The van der Waals surface area contributed by atoms with E-state index in [1.165, 1.54) is 6.20 Å². The molecule has 1 atom stereocenters. The van der Waals surface area contributed by atoms with E-state index in [-0.39, 0.29) is 12.5 Å². The van der Waals surface area contributed by atoms with E-state index in [4.69, 9.17) is 4.42 Å². The summed E-state index contributed by atoms with van der Waals surface area (Å²) >= 11 is 0. The molecule has 0 saturated heterocycles. The maximum atomic E-state index is 12.2. The molecule has 3 aromatic rings. The molecule has 0 aliphatic heterocycles. The zero-order valence-electron chi connectivity index (χ0n) is 13.4. The number of nitrogens with zero attached hydrogens (tertiary/aromatic N) is 3. The Morgan fingerprint density at radius 1 is 1.38 bits per heavy atom. The molecule has 1 amide bonds. The molecule has 0 unspecified atom stereocenters. The lowest BCUT2D eigenvalue weighted by Gasteiger charge is -2.21. The zero-order chi connectivity index (χ0) is 17.2. The van der Waals surface area contributed by atoms with E-state index in [0.717, 1.165) is 0 Å². The van der Waals surface area contributed by atoms with Crippen molar-refractivity contribution in [3.63, 3.8) is 0 Å². The Bertz CT molecular complexity index is 820. The average molecular weight is 326 g/mol. The highest BCUT2D eigenvalue weighted by Gasteiger charge is 2.27. The lowest BCUT2D eigenvalue weighted by Crippen LogP contribution is -2.38. The summed E-state index contributed by atoms with van der Waals surface area (Å²) < 4.78 is 7.16. The van der Waals surface area contributed by atoms with Crippen LogP contribution in [0.1, 0.15) is 28.8 Å². The van der Waals surface area contributed by atoms with Crippen LogP contribution in [0.25, 0.3) is 5.82 Å². The molecule has 7 nitrogen and oxygen atoms in total. The van der Waals surface area contributed by atoms with E-state index in [1.54, 1.807) is 61.4 Å². The molecule has 7 heteroatoms. The van der Waals surface area contributed by atoms with Crippen LogP contribution in [-0.2, 0) is 5.60 Å². The number of pyridine rings is 1. The van der Waals surface area contributed by atoms with E-state index >= 15 is 0 Å². The molecule has 3 heterocycles. The molecule has 0 fully saturated rings. The number of nitrogens with one attached hydrogen (secondary N) is 1. The fraction of sp³-hybridized carbons (Fsp3) is 0.235. The SMILES string of the molecule is Cc1ccc([C@](C)(O)CNC(=O)c2ccc(-n3ccnc3)nc2)o1. The Morgan fingerprint density at radius 2 is 2.21 bits per heavy atom. The van der Waals surface area contributed by atoms with Gasteiger partial charge in [-0.2, -0.15) is 0 Å². The number of amides is 1. The van der Waals surface area contributed by atoms with Crippen LogP contribution in [0, 0.1) is 6.92 Å². The zero-order valence-corrected chi connectivity index (χ0v) is 13.4. The number of aliphatic hydroxyl groups is 1. The molecule has 3 rings (SSSR count). The minimum atomic E-state index is -1.28. The Morgan fingerprint density at radius 3 is 2.79 bits per heavy atom. The van der Waals surface area contributed by atoms with Gasteiger partial charge in [0.1, 0.15) is 29.3 Å². The molecule has 2 N–H and O–H groups in total. The topological polar surface area (TPSA) is 93.2 Å². The van der Waals surface area contributed by atoms with Crippen LogP contribution in [0.15, 0.2) is 53.6 Å². The monoisotopic (exact) mass is 326 g/mol. The molecule has 0 radical (unpaired) electrons. The van der Waals surface area contributed by atoms with Crippen molar-refractivity contribution >= 4 is 5.91 Å². The maximum Gasteiger partial charge on any atom is 0.252 e. The molecule has 0 aromatic carbocycles. The van der Waals surface area contributed by atoms with Crippen molar-refractivity contribution < 1.29 is 14.3 Å². The highest BCUT2D eigenvalue weighted by Crippen LogP contribution is 2.22. The van der Waals surface area contributed by atoms with Gasteiger partial charge in [-0.3, -0.25) is 9.36 Å². The number of rotatable bonds is 5. The van der Waals surface area contributed by atoms with Gasteiger partial charge in [-0.1, -0.05) is 0 Å². The Labute approximate surface area is 139 Å². The fourth-order valence-electron chi connectivity index (χ4n) is 2.23. The average Bonchev–Trinajstić information content (AvgIpc) is 3.24. The smallest absolute Gasteiger partial charge is 0.252 e. The number of hydrogen-bond donors (Lipinski definition) is 2. The number of carbonyl (C=O) groups is 1. The molecule has 0 aliphatic rings. The standard InChI is InChI=1S/C17H18N4O3/c1-12-3-5-14(24-12)17(2,23)10-20-16(22)13-4-6-15(19-9-13)21-8-7-18-11-21/h3-9,11,23H,10H2,1-2H3,(H,20,22)/t17-/m1/s1. The third-order valence-electron chi connectivity index (χ3n) is 3.64. The van der Waals surface area contributed by atoms with Gasteiger partial charge in [-0.05, 0) is 38.1 Å². The third kappa shape index (κ3) is 3.36. The number of furan rings is 1. The molecule has 24 heavy (non-hydrogen) atoms. The first-order valence-corrected chi connectivity index (χ1v) is 7.47. The largest absolute Gasteiger partial charge is 0.463 e. The van der Waals surface area contributed by atoms with Crippen molar-refractivity contribution in [2.45, 2.75) is 19.4 Å². The normalized spacial score (nSPS) is 13.5. The molecule has 124 valence electrons. The second-order valence-corrected chi connectivity index (χ2v) is 5.74. The van der Waals surface area contributed by atoms with Crippen molar-refractivity contribution in [2.75, 3.05) is 6.54 Å². The van der Waals surface area contributed by atoms with Crippen LogP contribution >= 0.6 is 0 Å². The molecule has 0 bridgehead atoms. The molecule has 0 saturated carbocycles. The number of imidazole rings is 1. The number of hydrogen-bond acceptors (Lipinski definition) is 5. The number of aromatic nitrogens is 3. The summed E-state index contributed by atoms with van der Waals surface area (Å²) in [6.07, 6.45) is 6.53. The molecule has 0 spiro atoms. The summed E-state index contributed by atoms with van der Waals surface area (Å²) in [7, 11) is 0. The summed E-state index contributed by atoms with van der Waals surface area (Å²) in [6, 6.07) is 6.86. The van der Waals surface area contributed by atoms with Gasteiger partial charge in [-0.25, -0.2) is 9.97 Å².